The zero-order valence-electron chi connectivity index (χ0n) is 21.7. The number of hydrogen-bond donors (Lipinski definition) is 2. The number of nitrogens with zero attached hydrogens (tertiary/aromatic N) is 4. The second-order valence-electron chi connectivity index (χ2n) is 9.56. The molecule has 2 aromatic heterocycles. The zero-order valence-corrected chi connectivity index (χ0v) is 23.3. The first kappa shape index (κ1) is 27.9. The smallest absolute Gasteiger partial charge is 0.255 e. The van der Waals surface area contributed by atoms with Crippen molar-refractivity contribution in [1.29, 1.82) is 0 Å². The van der Waals surface area contributed by atoms with E-state index in [-0.39, 0.29) is 17.9 Å². The lowest BCUT2D eigenvalue weighted by molar-refractivity contribution is 0.102. The van der Waals surface area contributed by atoms with Crippen LogP contribution in [0.5, 0.6) is 11.5 Å². The summed E-state index contributed by atoms with van der Waals surface area (Å²) in [6, 6.07) is 12.1. The summed E-state index contributed by atoms with van der Waals surface area (Å²) >= 11 is 1.54. The average molecular weight is 569 g/mol. The van der Waals surface area contributed by atoms with Crippen molar-refractivity contribution in [3.8, 4) is 11.5 Å². The number of rotatable bonds is 11. The Bertz CT molecular complexity index is 1550. The van der Waals surface area contributed by atoms with E-state index in [9.17, 15) is 13.2 Å². The second kappa shape index (κ2) is 12.6. The molecule has 0 aliphatic heterocycles. The van der Waals surface area contributed by atoms with Gasteiger partial charge in [-0.05, 0) is 48.7 Å². The highest BCUT2D eigenvalue weighted by molar-refractivity contribution is 7.71. The lowest BCUT2D eigenvalue weighted by Crippen LogP contribution is -2.14. The standard InChI is InChI=1S/C26H28N6O5S2/c1-26(2,3)22-16-38-24(28-22)15-36-19-8-4-7-18(13-19)25(33)27-20-12-17(6-5-11-39(34)35)9-10-21(20)37-14-23-29-31-32-30-23/h4,7-13,16H,5-6,14-15H2,1-3H3,(H,27,33)(H,29,30,31,32). The van der Waals surface area contributed by atoms with Gasteiger partial charge in [0, 0.05) is 21.7 Å². The molecule has 13 heteroatoms. The predicted molar refractivity (Wildman–Crippen MR) is 148 cm³/mol. The van der Waals surface area contributed by atoms with E-state index in [2.05, 4.69) is 51.7 Å². The molecule has 11 nitrogen and oxygen atoms in total. The third-order valence-electron chi connectivity index (χ3n) is 5.50. The molecular formula is C26H28N6O5S2. The van der Waals surface area contributed by atoms with Crippen LogP contribution in [0.2, 0.25) is 0 Å². The number of hydrogen-bond acceptors (Lipinski definition) is 10. The Kier molecular flexibility index (Phi) is 9.04. The number of nitrogens with one attached hydrogen (secondary N) is 2. The Morgan fingerprint density at radius 3 is 2.69 bits per heavy atom. The third-order valence-corrected chi connectivity index (χ3v) is 6.83. The van der Waals surface area contributed by atoms with Crippen LogP contribution in [0.25, 0.3) is 0 Å². The SMILES string of the molecule is CC(C)(C)c1csc(COc2cccc(C(=O)Nc3cc(CCC=S(=O)=O)ccc3OCc3nn[nH]n3)c2)n1. The lowest BCUT2D eigenvalue weighted by atomic mass is 9.93. The minimum atomic E-state index is -2.23. The molecule has 0 saturated carbocycles. The highest BCUT2D eigenvalue weighted by atomic mass is 32.2. The first-order valence-corrected chi connectivity index (χ1v) is 14.1. The van der Waals surface area contributed by atoms with E-state index in [1.165, 1.54) is 5.37 Å². The fraction of sp³-hybridized carbons (Fsp3) is 0.308. The van der Waals surface area contributed by atoms with Crippen LogP contribution in [0, 0.1) is 0 Å². The Morgan fingerprint density at radius 1 is 1.13 bits per heavy atom. The van der Waals surface area contributed by atoms with E-state index < -0.39 is 10.3 Å². The quantitative estimate of drug-likeness (QED) is 0.256. The number of H-pyrrole nitrogens is 1. The highest BCUT2D eigenvalue weighted by Gasteiger charge is 2.18. The summed E-state index contributed by atoms with van der Waals surface area (Å²) in [6.45, 7) is 6.67. The van der Waals surface area contributed by atoms with Crippen molar-refractivity contribution in [2.75, 3.05) is 5.32 Å². The molecule has 204 valence electrons. The third kappa shape index (κ3) is 8.19. The Labute approximate surface area is 231 Å². The number of amides is 1. The fourth-order valence-corrected chi connectivity index (χ4v) is 4.69. The van der Waals surface area contributed by atoms with Crippen LogP contribution in [0.4, 0.5) is 5.69 Å². The molecule has 0 atom stereocenters. The van der Waals surface area contributed by atoms with E-state index >= 15 is 0 Å². The minimum Gasteiger partial charge on any atom is -0.486 e. The summed E-state index contributed by atoms with van der Waals surface area (Å²) in [7, 11) is -2.23. The Hall–Kier alpha value is -4.10. The molecule has 1 amide bonds. The zero-order chi connectivity index (χ0) is 27.8. The van der Waals surface area contributed by atoms with Crippen LogP contribution in [0.1, 0.15) is 59.6 Å². The number of ether oxygens (including phenoxy) is 2. The summed E-state index contributed by atoms with van der Waals surface area (Å²) in [5.74, 6) is 0.930. The average Bonchev–Trinajstić information content (AvgIpc) is 3.59. The summed E-state index contributed by atoms with van der Waals surface area (Å²) in [5.41, 5.74) is 2.62. The number of aryl methyl sites for hydroxylation is 1. The van der Waals surface area contributed by atoms with Gasteiger partial charge in [-0.1, -0.05) is 38.1 Å². The number of thiazole rings is 1. The summed E-state index contributed by atoms with van der Waals surface area (Å²) in [4.78, 5) is 17.8. The molecule has 0 bridgehead atoms. The molecule has 0 saturated heterocycles. The first-order chi connectivity index (χ1) is 18.7. The van der Waals surface area contributed by atoms with Crippen LogP contribution >= 0.6 is 11.3 Å². The summed E-state index contributed by atoms with van der Waals surface area (Å²) in [6.07, 6.45) is 0.807. The molecule has 0 spiro atoms. The molecule has 0 unspecified atom stereocenters. The second-order valence-corrected chi connectivity index (χ2v) is 11.4. The summed E-state index contributed by atoms with van der Waals surface area (Å²) in [5, 5.41) is 20.6. The number of carbonyl (C=O) groups is 1. The van der Waals surface area contributed by atoms with Gasteiger partial charge in [0.1, 0.15) is 23.1 Å². The fourth-order valence-electron chi connectivity index (χ4n) is 3.45. The van der Waals surface area contributed by atoms with Crippen LogP contribution in [-0.2, 0) is 35.3 Å². The normalized spacial score (nSPS) is 11.2. The van der Waals surface area contributed by atoms with E-state index in [4.69, 9.17) is 9.47 Å². The van der Waals surface area contributed by atoms with Crippen molar-refractivity contribution >= 4 is 38.6 Å². The number of aromatic amines is 1. The van der Waals surface area contributed by atoms with Crippen molar-refractivity contribution in [2.24, 2.45) is 0 Å². The number of carbonyl (C=O) groups excluding carboxylic acids is 1. The predicted octanol–water partition coefficient (Wildman–Crippen LogP) is 3.98. The molecule has 4 aromatic rings. The van der Waals surface area contributed by atoms with Crippen LogP contribution < -0.4 is 14.8 Å². The molecule has 0 fully saturated rings. The number of anilines is 1. The maximum Gasteiger partial charge on any atom is 0.255 e. The van der Waals surface area contributed by atoms with Gasteiger partial charge in [-0.3, -0.25) is 4.79 Å². The van der Waals surface area contributed by atoms with E-state index in [0.717, 1.165) is 16.3 Å². The molecule has 2 N–H and O–H groups in total. The van der Waals surface area contributed by atoms with Gasteiger partial charge in [0.05, 0.1) is 11.4 Å². The van der Waals surface area contributed by atoms with Crippen molar-refractivity contribution < 1.29 is 22.7 Å². The van der Waals surface area contributed by atoms with Gasteiger partial charge in [-0.2, -0.15) is 13.6 Å². The molecule has 0 aliphatic rings. The Morgan fingerprint density at radius 2 is 1.97 bits per heavy atom. The lowest BCUT2D eigenvalue weighted by Gasteiger charge is -2.14. The number of benzene rings is 2. The highest BCUT2D eigenvalue weighted by Crippen LogP contribution is 2.29. The van der Waals surface area contributed by atoms with E-state index in [1.54, 1.807) is 53.8 Å². The molecule has 4 rings (SSSR count). The Balaban J connectivity index is 1.47. The minimum absolute atomic E-state index is 0.0364. The number of tetrazole rings is 1. The number of aromatic nitrogens is 5. The van der Waals surface area contributed by atoms with E-state index in [1.807, 2.05) is 5.38 Å². The van der Waals surface area contributed by atoms with Crippen molar-refractivity contribution in [3.63, 3.8) is 0 Å². The van der Waals surface area contributed by atoms with Crippen LogP contribution in [0.15, 0.2) is 47.8 Å². The van der Waals surface area contributed by atoms with Crippen LogP contribution in [0.3, 0.4) is 0 Å². The van der Waals surface area contributed by atoms with Crippen molar-refractivity contribution in [3.05, 3.63) is 75.5 Å². The summed E-state index contributed by atoms with van der Waals surface area (Å²) < 4.78 is 33.4. The molecular weight excluding hydrogens is 540 g/mol. The molecule has 2 aromatic carbocycles. The maximum atomic E-state index is 13.2. The largest absolute Gasteiger partial charge is 0.486 e. The molecule has 2 heterocycles. The van der Waals surface area contributed by atoms with Crippen molar-refractivity contribution in [1.82, 2.24) is 25.6 Å². The van der Waals surface area contributed by atoms with Crippen LogP contribution in [-0.4, -0.2) is 45.3 Å². The maximum absolute atomic E-state index is 13.2. The molecule has 0 radical (unpaired) electrons. The van der Waals surface area contributed by atoms with Gasteiger partial charge in [0.25, 0.3) is 5.91 Å². The molecule has 0 aliphatic carbocycles. The monoisotopic (exact) mass is 568 g/mol. The molecule has 39 heavy (non-hydrogen) atoms. The van der Waals surface area contributed by atoms with Gasteiger partial charge in [0.15, 0.2) is 6.61 Å². The van der Waals surface area contributed by atoms with Gasteiger partial charge < -0.3 is 14.8 Å². The van der Waals surface area contributed by atoms with E-state index in [0.29, 0.717) is 48.0 Å². The van der Waals surface area contributed by atoms with Gasteiger partial charge in [-0.25, -0.2) is 4.98 Å². The van der Waals surface area contributed by atoms with Gasteiger partial charge in [0.2, 0.25) is 16.1 Å². The van der Waals surface area contributed by atoms with Crippen molar-refractivity contribution in [2.45, 2.75) is 52.2 Å². The van der Waals surface area contributed by atoms with Gasteiger partial charge >= 0.3 is 0 Å². The van der Waals surface area contributed by atoms with Gasteiger partial charge in [-0.15, -0.1) is 21.5 Å². The topological polar surface area (TPSA) is 149 Å². The first-order valence-electron chi connectivity index (χ1n) is 12.1.